The van der Waals surface area contributed by atoms with Crippen molar-refractivity contribution in [1.29, 1.82) is 0 Å². The maximum atomic E-state index is 5.86. The van der Waals surface area contributed by atoms with Crippen molar-refractivity contribution in [3.05, 3.63) is 120 Å². The molecule has 0 saturated heterocycles. The van der Waals surface area contributed by atoms with Gasteiger partial charge in [-0.2, -0.15) is 0 Å². The number of nitrogens with one attached hydrogen (secondary N) is 1. The third kappa shape index (κ3) is 13.3. The lowest BCUT2D eigenvalue weighted by Crippen LogP contribution is -2.06. The normalized spacial score (nSPS) is 12.8. The van der Waals surface area contributed by atoms with Gasteiger partial charge in [-0.15, -0.1) is 24.8 Å². The molecule has 0 saturated carbocycles. The van der Waals surface area contributed by atoms with Gasteiger partial charge in [-0.05, 0) is 53.8 Å². The number of hydrogen-bond acceptors (Lipinski definition) is 3. The highest BCUT2D eigenvalue weighted by Gasteiger charge is 2.11. The molecule has 0 spiro atoms. The van der Waals surface area contributed by atoms with Crippen LogP contribution in [-0.2, 0) is 0 Å². The summed E-state index contributed by atoms with van der Waals surface area (Å²) < 4.78 is 5.86. The van der Waals surface area contributed by atoms with Crippen molar-refractivity contribution in [3.63, 3.8) is 0 Å². The van der Waals surface area contributed by atoms with Gasteiger partial charge in [0.2, 0.25) is 0 Å². The molecule has 0 amide bonds. The van der Waals surface area contributed by atoms with E-state index >= 15 is 0 Å². The van der Waals surface area contributed by atoms with Crippen LogP contribution in [0, 0.1) is 0 Å². The number of halogens is 2. The molecule has 1 aliphatic heterocycles. The molecule has 0 radical (unpaired) electrons. The molecule has 5 heteroatoms. The minimum Gasteiger partial charge on any atom is -0.488 e. The van der Waals surface area contributed by atoms with E-state index in [1.807, 2.05) is 57.6 Å². The van der Waals surface area contributed by atoms with Gasteiger partial charge < -0.3 is 10.1 Å². The van der Waals surface area contributed by atoms with Crippen molar-refractivity contribution >= 4 is 47.1 Å². The van der Waals surface area contributed by atoms with Gasteiger partial charge in [0, 0.05) is 36.4 Å². The zero-order chi connectivity index (χ0) is 28.6. The Hall–Kier alpha value is -3.27. The summed E-state index contributed by atoms with van der Waals surface area (Å²) in [6.07, 6.45) is 14.8. The predicted octanol–water partition coefficient (Wildman–Crippen LogP) is 9.93. The van der Waals surface area contributed by atoms with E-state index in [9.17, 15) is 0 Å². The zero-order valence-corrected chi connectivity index (χ0v) is 24.9. The lowest BCUT2D eigenvalue weighted by atomic mass is 10.00. The van der Waals surface area contributed by atoms with Crippen LogP contribution in [0.3, 0.4) is 0 Å². The van der Waals surface area contributed by atoms with E-state index in [0.717, 1.165) is 29.0 Å². The molecule has 1 N–H and O–H groups in total. The van der Waals surface area contributed by atoms with Gasteiger partial charge in [-0.3, -0.25) is 4.99 Å². The fraction of sp³-hybridized carbons (Fsp3) is 0.242. The van der Waals surface area contributed by atoms with Gasteiger partial charge >= 0.3 is 0 Å². The predicted molar refractivity (Wildman–Crippen MR) is 173 cm³/mol. The summed E-state index contributed by atoms with van der Waals surface area (Å²) in [7, 11) is 1.89. The molecule has 3 nitrogen and oxygen atoms in total. The smallest absolute Gasteiger partial charge is 0.127 e. The fourth-order valence-electron chi connectivity index (χ4n) is 3.20. The number of allylic oxidation sites excluding steroid dienone is 4. The van der Waals surface area contributed by atoms with E-state index in [2.05, 4.69) is 85.9 Å². The maximum Gasteiger partial charge on any atom is 0.127 e. The van der Waals surface area contributed by atoms with Gasteiger partial charge in [-0.25, -0.2) is 0 Å². The van der Waals surface area contributed by atoms with Crippen LogP contribution in [0.2, 0.25) is 0 Å². The third-order valence-electron chi connectivity index (χ3n) is 4.88. The molecule has 1 heterocycles. The Labute approximate surface area is 240 Å². The molecule has 0 aromatic heterocycles. The summed E-state index contributed by atoms with van der Waals surface area (Å²) >= 11 is 10.2. The summed E-state index contributed by atoms with van der Waals surface area (Å²) in [6.45, 7) is 14.8. The van der Waals surface area contributed by atoms with E-state index in [-0.39, 0.29) is 0 Å². The second-order valence-corrected chi connectivity index (χ2v) is 7.95. The summed E-state index contributed by atoms with van der Waals surface area (Å²) in [5, 5.41) is 3.05. The number of alkyl halides is 1. The van der Waals surface area contributed by atoms with Crippen molar-refractivity contribution in [3.8, 4) is 5.75 Å². The molecular weight excluding hydrogens is 511 g/mol. The Morgan fingerprint density at radius 3 is 2.37 bits per heavy atom. The van der Waals surface area contributed by atoms with Crippen LogP contribution in [0.4, 0.5) is 0 Å². The van der Waals surface area contributed by atoms with Gasteiger partial charge in [0.05, 0.1) is 5.70 Å². The molecule has 0 aliphatic carbocycles. The van der Waals surface area contributed by atoms with Crippen LogP contribution in [0.1, 0.15) is 50.8 Å². The Morgan fingerprint density at radius 1 is 1.11 bits per heavy atom. The monoisotopic (exact) mass is 552 g/mol. The van der Waals surface area contributed by atoms with Gasteiger partial charge in [0.25, 0.3) is 0 Å². The summed E-state index contributed by atoms with van der Waals surface area (Å²) in [5.41, 5.74) is 8.15. The third-order valence-corrected chi connectivity index (χ3v) is 5.23. The molecule has 204 valence electrons. The molecular formula is C33H42Cl2N2O. The number of ether oxygens (including phenoxy) is 1. The molecule has 0 atom stereocenters. The summed E-state index contributed by atoms with van der Waals surface area (Å²) in [6, 6.07) is 16.6. The van der Waals surface area contributed by atoms with Crippen molar-refractivity contribution in [2.45, 2.75) is 34.1 Å². The first-order valence-electron chi connectivity index (χ1n) is 12.7. The lowest BCUT2D eigenvalue weighted by Gasteiger charge is -2.18. The number of nitrogens with zero attached hydrogens (tertiary/aromatic N) is 1. The van der Waals surface area contributed by atoms with Gasteiger partial charge in [0.15, 0.2) is 0 Å². The first-order valence-corrected chi connectivity index (χ1v) is 13.7. The van der Waals surface area contributed by atoms with Crippen LogP contribution in [0.15, 0.2) is 108 Å². The zero-order valence-electron chi connectivity index (χ0n) is 23.4. The number of aliphatic imine (C=N–C) groups is 1. The summed E-state index contributed by atoms with van der Waals surface area (Å²) in [4.78, 5) is 4.55. The lowest BCUT2D eigenvalue weighted by molar-refractivity contribution is 0.366. The van der Waals surface area contributed by atoms with E-state index in [4.69, 9.17) is 27.9 Å². The van der Waals surface area contributed by atoms with Crippen molar-refractivity contribution in [1.82, 2.24) is 5.32 Å². The standard InChI is InChI=1S/C26H28N2O.C3H4Cl2.C2H6.C2H4/c1-4-8-20(2)25(18-27-3)28-16-7-9-21-12-14-22(15-13-21)24-17-23-10-5-6-11-26(23)29-19-24;4-2-1-3-5;2*1-2/h5-18,27H,4,19H2,1-3H3;1-2H,3H2;1-2H3;1-2H2/b9-7+,20-8+,25-18-,28-16+;2-1+;;. The SMILES string of the molecule is C=C.CC.CC/C=C(C)/C(=C/NC)/N=C/C=C/c1ccc(C2=Cc3ccccc3OC2)cc1.Cl/C=C/CCl. The van der Waals surface area contributed by atoms with Crippen LogP contribution < -0.4 is 10.1 Å². The van der Waals surface area contributed by atoms with E-state index in [0.29, 0.717) is 12.5 Å². The van der Waals surface area contributed by atoms with Crippen molar-refractivity contribution in [2.75, 3.05) is 19.5 Å². The van der Waals surface area contributed by atoms with Crippen molar-refractivity contribution in [2.24, 2.45) is 4.99 Å². The number of benzene rings is 2. The fourth-order valence-corrected chi connectivity index (χ4v) is 3.47. The first-order chi connectivity index (χ1) is 18.6. The second-order valence-electron chi connectivity index (χ2n) is 7.39. The molecule has 3 rings (SSSR count). The average Bonchev–Trinajstić information content (AvgIpc) is 2.98. The molecule has 38 heavy (non-hydrogen) atoms. The molecule has 2 aromatic carbocycles. The Morgan fingerprint density at radius 2 is 1.79 bits per heavy atom. The topological polar surface area (TPSA) is 33.6 Å². The Kier molecular flexibility index (Phi) is 20.9. The quantitative estimate of drug-likeness (QED) is 0.153. The minimum atomic E-state index is 0.503. The second kappa shape index (κ2) is 22.9. The number of para-hydroxylation sites is 1. The Balaban J connectivity index is 0.00000134. The minimum absolute atomic E-state index is 0.503. The Bertz CT molecular complexity index is 1090. The van der Waals surface area contributed by atoms with E-state index in [1.165, 1.54) is 22.2 Å². The molecule has 0 bridgehead atoms. The first kappa shape index (κ1) is 34.7. The molecule has 2 aromatic rings. The largest absolute Gasteiger partial charge is 0.488 e. The van der Waals surface area contributed by atoms with Gasteiger partial charge in [-0.1, -0.05) is 93.1 Å². The highest BCUT2D eigenvalue weighted by Crippen LogP contribution is 2.30. The van der Waals surface area contributed by atoms with Crippen LogP contribution in [0.5, 0.6) is 5.75 Å². The molecule has 0 unspecified atom stereocenters. The van der Waals surface area contributed by atoms with E-state index < -0.39 is 0 Å². The summed E-state index contributed by atoms with van der Waals surface area (Å²) in [5.74, 6) is 1.45. The van der Waals surface area contributed by atoms with E-state index in [1.54, 1.807) is 6.08 Å². The highest BCUT2D eigenvalue weighted by atomic mass is 35.5. The number of fused-ring (bicyclic) bond motifs is 1. The maximum absolute atomic E-state index is 5.86. The highest BCUT2D eigenvalue weighted by molar-refractivity contribution is 6.26. The van der Waals surface area contributed by atoms with Crippen molar-refractivity contribution < 1.29 is 4.74 Å². The number of rotatable bonds is 8. The number of hydrogen-bond donors (Lipinski definition) is 1. The van der Waals surface area contributed by atoms with Crippen LogP contribution >= 0.6 is 23.2 Å². The van der Waals surface area contributed by atoms with Crippen LogP contribution in [-0.4, -0.2) is 25.7 Å². The average molecular weight is 554 g/mol. The van der Waals surface area contributed by atoms with Gasteiger partial charge in [0.1, 0.15) is 12.4 Å². The molecule has 0 fully saturated rings. The molecule has 1 aliphatic rings. The van der Waals surface area contributed by atoms with Crippen LogP contribution in [0.25, 0.3) is 17.7 Å².